The van der Waals surface area contributed by atoms with Crippen LogP contribution in [0.5, 0.6) is 5.75 Å². The van der Waals surface area contributed by atoms with Crippen molar-refractivity contribution in [1.29, 1.82) is 0 Å². The van der Waals surface area contributed by atoms with Crippen molar-refractivity contribution in [2.24, 2.45) is 11.7 Å². The van der Waals surface area contributed by atoms with Crippen LogP contribution in [0.4, 0.5) is 5.69 Å². The van der Waals surface area contributed by atoms with Crippen molar-refractivity contribution in [3.05, 3.63) is 23.3 Å². The SMILES string of the molecule is CCC(C)[C@H](N)C(=O)Nc1ccc(C)c(OC)c1C. The zero-order valence-corrected chi connectivity index (χ0v) is 12.4. The van der Waals surface area contributed by atoms with E-state index in [1.807, 2.05) is 39.8 Å². The van der Waals surface area contributed by atoms with Gasteiger partial charge in [0.25, 0.3) is 0 Å². The Morgan fingerprint density at radius 3 is 2.58 bits per heavy atom. The lowest BCUT2D eigenvalue weighted by Gasteiger charge is -2.19. The van der Waals surface area contributed by atoms with E-state index >= 15 is 0 Å². The van der Waals surface area contributed by atoms with Gasteiger partial charge >= 0.3 is 0 Å². The van der Waals surface area contributed by atoms with Gasteiger partial charge in [-0.05, 0) is 31.4 Å². The van der Waals surface area contributed by atoms with Crippen LogP contribution in [0.15, 0.2) is 12.1 Å². The summed E-state index contributed by atoms with van der Waals surface area (Å²) in [7, 11) is 1.63. The van der Waals surface area contributed by atoms with Crippen LogP contribution in [-0.4, -0.2) is 19.1 Å². The number of aryl methyl sites for hydroxylation is 1. The third-order valence-corrected chi connectivity index (χ3v) is 3.62. The molecule has 4 nitrogen and oxygen atoms in total. The third-order valence-electron chi connectivity index (χ3n) is 3.62. The van der Waals surface area contributed by atoms with Gasteiger partial charge in [0.1, 0.15) is 5.75 Å². The minimum atomic E-state index is -0.489. The fourth-order valence-electron chi connectivity index (χ4n) is 2.00. The van der Waals surface area contributed by atoms with Gasteiger partial charge in [-0.15, -0.1) is 0 Å². The normalized spacial score (nSPS) is 13.8. The lowest BCUT2D eigenvalue weighted by molar-refractivity contribution is -0.118. The minimum absolute atomic E-state index is 0.150. The smallest absolute Gasteiger partial charge is 0.241 e. The number of nitrogens with two attached hydrogens (primary N) is 1. The average molecular weight is 264 g/mol. The number of rotatable bonds is 5. The zero-order valence-electron chi connectivity index (χ0n) is 12.4. The molecule has 0 spiro atoms. The first kappa shape index (κ1) is 15.5. The van der Waals surface area contributed by atoms with Gasteiger partial charge in [-0.3, -0.25) is 4.79 Å². The van der Waals surface area contributed by atoms with Crippen molar-refractivity contribution >= 4 is 11.6 Å². The van der Waals surface area contributed by atoms with E-state index in [1.165, 1.54) is 0 Å². The molecule has 0 aliphatic heterocycles. The van der Waals surface area contributed by atoms with E-state index in [1.54, 1.807) is 7.11 Å². The highest BCUT2D eigenvalue weighted by atomic mass is 16.5. The number of nitrogens with one attached hydrogen (secondary N) is 1. The van der Waals surface area contributed by atoms with E-state index in [2.05, 4.69) is 5.32 Å². The quantitative estimate of drug-likeness (QED) is 0.859. The van der Waals surface area contributed by atoms with Crippen LogP contribution in [-0.2, 0) is 4.79 Å². The Morgan fingerprint density at radius 2 is 2.05 bits per heavy atom. The molecule has 0 radical (unpaired) electrons. The highest BCUT2D eigenvalue weighted by molar-refractivity contribution is 5.95. The maximum absolute atomic E-state index is 12.1. The molecule has 1 aromatic rings. The topological polar surface area (TPSA) is 64.4 Å². The molecule has 0 aromatic heterocycles. The van der Waals surface area contributed by atoms with Crippen molar-refractivity contribution < 1.29 is 9.53 Å². The number of anilines is 1. The number of benzene rings is 1. The fraction of sp³-hybridized carbons (Fsp3) is 0.533. The summed E-state index contributed by atoms with van der Waals surface area (Å²) in [4.78, 5) is 12.1. The van der Waals surface area contributed by atoms with Crippen molar-refractivity contribution in [1.82, 2.24) is 0 Å². The molecule has 19 heavy (non-hydrogen) atoms. The molecule has 3 N–H and O–H groups in total. The van der Waals surface area contributed by atoms with Crippen LogP contribution in [0.3, 0.4) is 0 Å². The minimum Gasteiger partial charge on any atom is -0.496 e. The first-order chi connectivity index (χ1) is 8.92. The molecule has 1 unspecified atom stereocenters. The molecule has 1 aromatic carbocycles. The Kier molecular flexibility index (Phi) is 5.36. The first-order valence-electron chi connectivity index (χ1n) is 6.63. The monoisotopic (exact) mass is 264 g/mol. The van der Waals surface area contributed by atoms with Crippen LogP contribution in [0.2, 0.25) is 0 Å². The maximum Gasteiger partial charge on any atom is 0.241 e. The second kappa shape index (κ2) is 6.57. The Balaban J connectivity index is 2.92. The van der Waals surface area contributed by atoms with Gasteiger partial charge in [0.2, 0.25) is 5.91 Å². The zero-order chi connectivity index (χ0) is 14.6. The molecule has 106 valence electrons. The van der Waals surface area contributed by atoms with Crippen LogP contribution >= 0.6 is 0 Å². The number of amides is 1. The van der Waals surface area contributed by atoms with E-state index < -0.39 is 6.04 Å². The number of carbonyl (C=O) groups excluding carboxylic acids is 1. The highest BCUT2D eigenvalue weighted by Crippen LogP contribution is 2.29. The molecule has 0 heterocycles. The van der Waals surface area contributed by atoms with Crippen molar-refractivity contribution in [2.45, 2.75) is 40.2 Å². The first-order valence-corrected chi connectivity index (χ1v) is 6.63. The maximum atomic E-state index is 12.1. The molecule has 0 saturated carbocycles. The highest BCUT2D eigenvalue weighted by Gasteiger charge is 2.20. The molecular weight excluding hydrogens is 240 g/mol. The van der Waals surface area contributed by atoms with Gasteiger partial charge in [0.15, 0.2) is 0 Å². The van der Waals surface area contributed by atoms with Crippen LogP contribution in [0.25, 0.3) is 0 Å². The van der Waals surface area contributed by atoms with E-state index in [-0.39, 0.29) is 11.8 Å². The van der Waals surface area contributed by atoms with Crippen LogP contribution < -0.4 is 15.8 Å². The van der Waals surface area contributed by atoms with E-state index in [4.69, 9.17) is 10.5 Å². The number of hydrogen-bond donors (Lipinski definition) is 2. The summed E-state index contributed by atoms with van der Waals surface area (Å²) in [5, 5.41) is 2.88. The van der Waals surface area contributed by atoms with E-state index in [0.717, 1.165) is 29.0 Å². The van der Waals surface area contributed by atoms with Gasteiger partial charge < -0.3 is 15.8 Å². The lowest BCUT2D eigenvalue weighted by atomic mass is 9.99. The molecule has 4 heteroatoms. The van der Waals surface area contributed by atoms with Gasteiger partial charge in [-0.1, -0.05) is 26.3 Å². The summed E-state index contributed by atoms with van der Waals surface area (Å²) in [5.74, 6) is 0.811. The Labute approximate surface area is 115 Å². The molecular formula is C15H24N2O2. The fourth-order valence-corrected chi connectivity index (χ4v) is 2.00. The van der Waals surface area contributed by atoms with Gasteiger partial charge in [0, 0.05) is 11.3 Å². The number of ether oxygens (including phenoxy) is 1. The molecule has 0 fully saturated rings. The molecule has 0 aliphatic carbocycles. The number of carbonyl (C=O) groups is 1. The number of hydrogen-bond acceptors (Lipinski definition) is 3. The summed E-state index contributed by atoms with van der Waals surface area (Å²) < 4.78 is 5.34. The van der Waals surface area contributed by atoms with E-state index in [0.29, 0.717) is 0 Å². The van der Waals surface area contributed by atoms with E-state index in [9.17, 15) is 4.79 Å². The third kappa shape index (κ3) is 3.47. The summed E-state index contributed by atoms with van der Waals surface area (Å²) >= 11 is 0. The standard InChI is InChI=1S/C15H24N2O2/c1-6-9(2)13(16)15(18)17-12-8-7-10(3)14(19-5)11(12)4/h7-9,13H,6,16H2,1-5H3,(H,17,18)/t9?,13-/m0/s1. The van der Waals surface area contributed by atoms with Crippen molar-refractivity contribution in [2.75, 3.05) is 12.4 Å². The average Bonchev–Trinajstić information content (AvgIpc) is 2.40. The molecule has 1 rings (SSSR count). The molecule has 0 saturated heterocycles. The van der Waals surface area contributed by atoms with Crippen LogP contribution in [0.1, 0.15) is 31.4 Å². The summed E-state index contributed by atoms with van der Waals surface area (Å²) in [5.41, 5.74) is 8.65. The Morgan fingerprint density at radius 1 is 1.42 bits per heavy atom. The summed E-state index contributed by atoms with van der Waals surface area (Å²) in [6, 6.07) is 3.32. The predicted molar refractivity (Wildman–Crippen MR) is 78.5 cm³/mol. The lowest BCUT2D eigenvalue weighted by Crippen LogP contribution is -2.40. The van der Waals surface area contributed by atoms with Gasteiger partial charge in [-0.25, -0.2) is 0 Å². The molecule has 1 amide bonds. The molecule has 0 aliphatic rings. The summed E-state index contributed by atoms with van der Waals surface area (Å²) in [6.45, 7) is 7.91. The van der Waals surface area contributed by atoms with Crippen molar-refractivity contribution in [3.63, 3.8) is 0 Å². The van der Waals surface area contributed by atoms with Gasteiger partial charge in [-0.2, -0.15) is 0 Å². The second-order valence-corrected chi connectivity index (χ2v) is 4.99. The largest absolute Gasteiger partial charge is 0.496 e. The van der Waals surface area contributed by atoms with Crippen LogP contribution in [0, 0.1) is 19.8 Å². The Bertz CT molecular complexity index is 458. The van der Waals surface area contributed by atoms with Crippen molar-refractivity contribution in [3.8, 4) is 5.75 Å². The summed E-state index contributed by atoms with van der Waals surface area (Å²) in [6.07, 6.45) is 0.880. The Hall–Kier alpha value is -1.55. The van der Waals surface area contributed by atoms with Gasteiger partial charge in [0.05, 0.1) is 13.2 Å². The molecule has 2 atom stereocenters. The second-order valence-electron chi connectivity index (χ2n) is 4.99. The number of methoxy groups -OCH3 is 1. The predicted octanol–water partition coefficient (Wildman–Crippen LogP) is 2.62. The molecule has 0 bridgehead atoms.